The molecule has 262 valence electrons. The molecule has 1 N–H and O–H groups in total. The zero-order valence-electron chi connectivity index (χ0n) is 28.2. The number of hydrogen-bond donors (Lipinski definition) is 1. The minimum absolute atomic E-state index is 0.0177. The number of halogens is 3. The monoisotopic (exact) mass is 730 g/mol. The Morgan fingerprint density at radius 3 is 2.45 bits per heavy atom. The second-order valence-electron chi connectivity index (χ2n) is 13.1. The maximum absolute atomic E-state index is 14.5. The summed E-state index contributed by atoms with van der Waals surface area (Å²) in [4.78, 5) is 18.8. The number of nitrogens with zero attached hydrogens (tertiary/aromatic N) is 4. The molecule has 13 heteroatoms. The molecule has 6 rings (SSSR count). The molecule has 0 saturated heterocycles. The number of sulfone groups is 1. The Bertz CT molecular complexity index is 2470. The molecular formula is C38H33ClF2N4O5S. The van der Waals surface area contributed by atoms with Crippen molar-refractivity contribution in [3.8, 4) is 23.0 Å². The van der Waals surface area contributed by atoms with Gasteiger partial charge in [-0.05, 0) is 74.2 Å². The summed E-state index contributed by atoms with van der Waals surface area (Å²) in [6, 6.07) is 17.2. The molecule has 0 aliphatic heterocycles. The van der Waals surface area contributed by atoms with Gasteiger partial charge in [0.2, 0.25) is 0 Å². The zero-order chi connectivity index (χ0) is 36.7. The van der Waals surface area contributed by atoms with E-state index in [2.05, 4.69) is 22.1 Å². The van der Waals surface area contributed by atoms with Crippen molar-refractivity contribution >= 4 is 49.1 Å². The number of carbonyl (C=O) groups excluding carboxylic acids is 1. The van der Waals surface area contributed by atoms with Gasteiger partial charge in [0.05, 0.1) is 39.8 Å². The van der Waals surface area contributed by atoms with Crippen molar-refractivity contribution in [3.05, 3.63) is 112 Å². The molecule has 0 amide bonds. The molecule has 6 aromatic rings. The zero-order valence-corrected chi connectivity index (χ0v) is 29.7. The van der Waals surface area contributed by atoms with E-state index in [1.54, 1.807) is 48.1 Å². The standard InChI is InChI=1S/C38H33ClF2N4O5S/c1-38(2,47)14-13-26-9-10-28(29-11-12-31(39)35-33(21-51(4,48)49)43-45(3)37(29)35)36(42-26)23(15-22-16-24(40)19-25(41)17-22)18-27(46)20-32-30-7-5-6-8-34(30)50-44-32/h5-12,16-17,19,23,47H,15,18,20-21H2,1-4H3/t23-/m1/s1. The first-order chi connectivity index (χ1) is 24.0. The van der Waals surface area contributed by atoms with Crippen molar-refractivity contribution in [3.63, 3.8) is 0 Å². The third kappa shape index (κ3) is 8.34. The molecular weight excluding hydrogens is 698 g/mol. The minimum atomic E-state index is -3.48. The van der Waals surface area contributed by atoms with Crippen LogP contribution in [0.15, 0.2) is 71.3 Å². The first-order valence-electron chi connectivity index (χ1n) is 15.9. The number of benzene rings is 3. The first kappa shape index (κ1) is 35.9. The number of fused-ring (bicyclic) bond motifs is 2. The molecule has 0 aliphatic carbocycles. The molecule has 1 atom stereocenters. The maximum Gasteiger partial charge on any atom is 0.167 e. The highest BCUT2D eigenvalue weighted by molar-refractivity contribution is 7.89. The van der Waals surface area contributed by atoms with Gasteiger partial charge in [0.1, 0.15) is 28.7 Å². The van der Waals surface area contributed by atoms with Crippen molar-refractivity contribution in [2.24, 2.45) is 7.05 Å². The SMILES string of the molecule is Cn1nc(CS(C)(=O)=O)c2c(Cl)ccc(-c3ccc(C#CC(C)(C)O)nc3[C@@H](CC(=O)Cc3noc4ccccc34)Cc3cc(F)cc(F)c3)c21. The van der Waals surface area contributed by atoms with E-state index >= 15 is 0 Å². The van der Waals surface area contributed by atoms with E-state index in [0.717, 1.165) is 12.3 Å². The Kier molecular flexibility index (Phi) is 9.83. The molecule has 3 aromatic carbocycles. The average molecular weight is 731 g/mol. The summed E-state index contributed by atoms with van der Waals surface area (Å²) in [5.74, 6) is 2.80. The highest BCUT2D eigenvalue weighted by Crippen LogP contribution is 2.40. The molecule has 0 radical (unpaired) electrons. The third-order valence-corrected chi connectivity index (χ3v) is 9.32. The van der Waals surface area contributed by atoms with Crippen LogP contribution in [0.3, 0.4) is 0 Å². The summed E-state index contributed by atoms with van der Waals surface area (Å²) < 4.78 is 60.6. The molecule has 3 heterocycles. The van der Waals surface area contributed by atoms with Crippen LogP contribution in [-0.4, -0.2) is 51.1 Å². The van der Waals surface area contributed by atoms with E-state index in [1.807, 2.05) is 12.1 Å². The number of aromatic nitrogens is 4. The van der Waals surface area contributed by atoms with Gasteiger partial charge in [-0.2, -0.15) is 5.10 Å². The summed E-state index contributed by atoms with van der Waals surface area (Å²) in [5, 5.41) is 20.4. The van der Waals surface area contributed by atoms with Gasteiger partial charge in [0.25, 0.3) is 0 Å². The van der Waals surface area contributed by atoms with E-state index in [4.69, 9.17) is 21.1 Å². The molecule has 0 bridgehead atoms. The van der Waals surface area contributed by atoms with Crippen LogP contribution in [0, 0.1) is 23.5 Å². The number of carbonyl (C=O) groups is 1. The van der Waals surface area contributed by atoms with Crippen LogP contribution in [0.5, 0.6) is 0 Å². The number of hydrogen-bond acceptors (Lipinski definition) is 8. The predicted molar refractivity (Wildman–Crippen MR) is 191 cm³/mol. The quantitative estimate of drug-likeness (QED) is 0.151. The lowest BCUT2D eigenvalue weighted by Gasteiger charge is -2.21. The fourth-order valence-corrected chi connectivity index (χ4v) is 7.16. The second kappa shape index (κ2) is 14.0. The Morgan fingerprint density at radius 2 is 1.75 bits per heavy atom. The maximum atomic E-state index is 14.5. The van der Waals surface area contributed by atoms with Crippen LogP contribution in [0.25, 0.3) is 33.0 Å². The van der Waals surface area contributed by atoms with Crippen molar-refractivity contribution in [2.75, 3.05) is 6.26 Å². The summed E-state index contributed by atoms with van der Waals surface area (Å²) in [5.41, 5.74) is 2.55. The Hall–Kier alpha value is -4.96. The molecule has 9 nitrogen and oxygen atoms in total. The fraction of sp³-hybridized carbons (Fsp3) is 0.263. The summed E-state index contributed by atoms with van der Waals surface area (Å²) in [6.45, 7) is 3.06. The average Bonchev–Trinajstić information content (AvgIpc) is 3.58. The number of ketones is 1. The fourth-order valence-electron chi connectivity index (χ4n) is 6.20. The van der Waals surface area contributed by atoms with E-state index < -0.39 is 33.0 Å². The largest absolute Gasteiger partial charge is 0.378 e. The number of aryl methyl sites for hydroxylation is 1. The van der Waals surface area contributed by atoms with Gasteiger partial charge in [0, 0.05) is 53.6 Å². The summed E-state index contributed by atoms with van der Waals surface area (Å²) in [7, 11) is -1.81. The van der Waals surface area contributed by atoms with Gasteiger partial charge < -0.3 is 9.63 Å². The molecule has 0 fully saturated rings. The molecule has 51 heavy (non-hydrogen) atoms. The number of para-hydroxylation sites is 1. The van der Waals surface area contributed by atoms with Gasteiger partial charge in [0.15, 0.2) is 15.4 Å². The Labute approximate surface area is 298 Å². The molecule has 0 aliphatic rings. The van der Waals surface area contributed by atoms with Crippen LogP contribution in [0.4, 0.5) is 8.78 Å². The highest BCUT2D eigenvalue weighted by Gasteiger charge is 2.27. The smallest absolute Gasteiger partial charge is 0.167 e. The molecule has 3 aromatic heterocycles. The third-order valence-electron chi connectivity index (χ3n) is 8.20. The van der Waals surface area contributed by atoms with Crippen LogP contribution in [0.1, 0.15) is 54.5 Å². The normalized spacial score (nSPS) is 12.6. The van der Waals surface area contributed by atoms with Gasteiger partial charge >= 0.3 is 0 Å². The van der Waals surface area contributed by atoms with Crippen LogP contribution in [0.2, 0.25) is 5.02 Å². The number of pyridine rings is 1. The van der Waals surface area contributed by atoms with Crippen molar-refractivity contribution in [1.82, 2.24) is 19.9 Å². The number of rotatable bonds is 10. The molecule has 0 unspecified atom stereocenters. The Balaban J connectivity index is 1.54. The van der Waals surface area contributed by atoms with E-state index in [0.29, 0.717) is 55.0 Å². The number of aliphatic hydroxyl groups is 1. The summed E-state index contributed by atoms with van der Waals surface area (Å²) in [6.07, 6.45) is 0.951. The van der Waals surface area contributed by atoms with Gasteiger partial charge in [-0.1, -0.05) is 40.9 Å². The lowest BCUT2D eigenvalue weighted by atomic mass is 9.85. The first-order valence-corrected chi connectivity index (χ1v) is 18.4. The van der Waals surface area contributed by atoms with E-state index in [9.17, 15) is 27.1 Å². The summed E-state index contributed by atoms with van der Waals surface area (Å²) >= 11 is 6.66. The van der Waals surface area contributed by atoms with Gasteiger partial charge in [-0.25, -0.2) is 22.2 Å². The lowest BCUT2D eigenvalue weighted by molar-refractivity contribution is -0.118. The molecule has 0 saturated carbocycles. The van der Waals surface area contributed by atoms with Gasteiger partial charge in [-0.15, -0.1) is 0 Å². The van der Waals surface area contributed by atoms with Crippen LogP contribution < -0.4 is 0 Å². The van der Waals surface area contributed by atoms with Crippen molar-refractivity contribution < 1.29 is 31.6 Å². The molecule has 0 spiro atoms. The van der Waals surface area contributed by atoms with Crippen LogP contribution >= 0.6 is 11.6 Å². The lowest BCUT2D eigenvalue weighted by Crippen LogP contribution is -2.16. The van der Waals surface area contributed by atoms with Crippen molar-refractivity contribution in [2.45, 2.75) is 50.4 Å². The van der Waals surface area contributed by atoms with Gasteiger partial charge in [-0.3, -0.25) is 9.48 Å². The Morgan fingerprint density at radius 1 is 1.04 bits per heavy atom. The number of Topliss-reactive ketones (excluding diaryl/α,β-unsaturated/α-hetero) is 1. The van der Waals surface area contributed by atoms with E-state index in [1.165, 1.54) is 26.0 Å². The van der Waals surface area contributed by atoms with E-state index in [-0.39, 0.29) is 42.2 Å². The topological polar surface area (TPSA) is 128 Å². The second-order valence-corrected chi connectivity index (χ2v) is 15.7. The highest BCUT2D eigenvalue weighted by atomic mass is 35.5. The predicted octanol–water partition coefficient (Wildman–Crippen LogP) is 6.90. The minimum Gasteiger partial charge on any atom is -0.378 e. The van der Waals surface area contributed by atoms with Crippen molar-refractivity contribution in [1.29, 1.82) is 0 Å². The van der Waals surface area contributed by atoms with Crippen LogP contribution in [-0.2, 0) is 40.3 Å².